The molecule has 2 aliphatic heterocycles. The van der Waals surface area contributed by atoms with Gasteiger partial charge in [0.2, 0.25) is 0 Å². The van der Waals surface area contributed by atoms with Crippen LogP contribution in [0.2, 0.25) is 5.02 Å². The third-order valence-corrected chi connectivity index (χ3v) is 4.35. The summed E-state index contributed by atoms with van der Waals surface area (Å²) in [5, 5.41) is 13.0. The highest BCUT2D eigenvalue weighted by Crippen LogP contribution is 2.31. The van der Waals surface area contributed by atoms with Crippen molar-refractivity contribution in [3.8, 4) is 6.07 Å². The van der Waals surface area contributed by atoms with Gasteiger partial charge in [0.25, 0.3) is 0 Å². The van der Waals surface area contributed by atoms with Crippen LogP contribution in [0, 0.1) is 17.2 Å². The molecule has 1 aromatic carbocycles. The van der Waals surface area contributed by atoms with E-state index >= 15 is 0 Å². The van der Waals surface area contributed by atoms with E-state index < -0.39 is 0 Å². The lowest BCUT2D eigenvalue weighted by atomic mass is 9.94. The first-order chi connectivity index (χ1) is 8.78. The van der Waals surface area contributed by atoms with Gasteiger partial charge in [-0.25, -0.2) is 0 Å². The molecule has 1 N–H and O–H groups in total. The van der Waals surface area contributed by atoms with E-state index in [1.807, 2.05) is 18.2 Å². The Kier molecular flexibility index (Phi) is 3.15. The minimum atomic E-state index is 0.551. The number of nitrogens with zero attached hydrogens (tertiary/aromatic N) is 2. The molecule has 0 saturated carbocycles. The minimum absolute atomic E-state index is 0.551. The molecule has 2 heterocycles. The zero-order chi connectivity index (χ0) is 12.5. The Morgan fingerprint density at radius 3 is 3.00 bits per heavy atom. The van der Waals surface area contributed by atoms with Crippen LogP contribution in [0.25, 0.3) is 0 Å². The molecule has 94 valence electrons. The molecule has 3 rings (SSSR count). The summed E-state index contributed by atoms with van der Waals surface area (Å²) in [4.78, 5) is 2.38. The summed E-state index contributed by atoms with van der Waals surface area (Å²) < 4.78 is 0. The van der Waals surface area contributed by atoms with Gasteiger partial charge >= 0.3 is 0 Å². The fourth-order valence-corrected chi connectivity index (χ4v) is 3.27. The Morgan fingerprint density at radius 2 is 2.28 bits per heavy atom. The highest BCUT2D eigenvalue weighted by Gasteiger charge is 2.34. The van der Waals surface area contributed by atoms with Gasteiger partial charge in [0, 0.05) is 24.8 Å². The lowest BCUT2D eigenvalue weighted by Gasteiger charge is -2.24. The van der Waals surface area contributed by atoms with Crippen molar-refractivity contribution in [1.29, 1.82) is 5.26 Å². The largest absolute Gasteiger partial charge is 0.370 e. The number of halogens is 1. The molecule has 0 aliphatic carbocycles. The van der Waals surface area contributed by atoms with Crippen LogP contribution in [0.1, 0.15) is 18.4 Å². The summed E-state index contributed by atoms with van der Waals surface area (Å²) in [6.45, 7) is 3.29. The van der Waals surface area contributed by atoms with Gasteiger partial charge < -0.3 is 10.2 Å². The molecule has 0 aromatic heterocycles. The maximum absolute atomic E-state index is 8.89. The normalized spacial score (nSPS) is 26.8. The van der Waals surface area contributed by atoms with Gasteiger partial charge in [0.15, 0.2) is 0 Å². The van der Waals surface area contributed by atoms with Gasteiger partial charge in [0.1, 0.15) is 6.07 Å². The van der Waals surface area contributed by atoms with Crippen molar-refractivity contribution in [3.63, 3.8) is 0 Å². The highest BCUT2D eigenvalue weighted by atomic mass is 35.5. The summed E-state index contributed by atoms with van der Waals surface area (Å²) in [5.41, 5.74) is 1.69. The molecule has 0 amide bonds. The van der Waals surface area contributed by atoms with E-state index in [0.29, 0.717) is 16.6 Å². The number of nitriles is 1. The summed E-state index contributed by atoms with van der Waals surface area (Å²) in [6, 6.07) is 8.45. The molecule has 0 bridgehead atoms. The highest BCUT2D eigenvalue weighted by molar-refractivity contribution is 6.32. The van der Waals surface area contributed by atoms with Crippen LogP contribution >= 0.6 is 11.6 Å². The van der Waals surface area contributed by atoms with Crippen LogP contribution in [0.5, 0.6) is 0 Å². The molecular formula is C14H16ClN3. The van der Waals surface area contributed by atoms with E-state index in [9.17, 15) is 0 Å². The molecule has 2 atom stereocenters. The van der Waals surface area contributed by atoms with Crippen LogP contribution in [-0.2, 0) is 0 Å². The van der Waals surface area contributed by atoms with Crippen LogP contribution in [-0.4, -0.2) is 25.7 Å². The molecular weight excluding hydrogens is 246 g/mol. The Bertz CT molecular complexity index is 480. The van der Waals surface area contributed by atoms with Gasteiger partial charge in [-0.1, -0.05) is 11.6 Å². The third-order valence-electron chi connectivity index (χ3n) is 4.04. The SMILES string of the molecule is N#Cc1ccc(N2CC3CCCNC3C2)cc1Cl. The molecule has 2 unspecified atom stereocenters. The molecule has 0 spiro atoms. The molecule has 1 aromatic rings. The van der Waals surface area contributed by atoms with Crippen molar-refractivity contribution in [3.05, 3.63) is 28.8 Å². The van der Waals surface area contributed by atoms with Crippen LogP contribution in [0.4, 0.5) is 5.69 Å². The summed E-state index contributed by atoms with van der Waals surface area (Å²) >= 11 is 6.10. The van der Waals surface area contributed by atoms with Crippen LogP contribution < -0.4 is 10.2 Å². The van der Waals surface area contributed by atoms with Crippen molar-refractivity contribution in [2.45, 2.75) is 18.9 Å². The van der Waals surface area contributed by atoms with Crippen molar-refractivity contribution >= 4 is 17.3 Å². The Hall–Kier alpha value is -1.24. The van der Waals surface area contributed by atoms with Gasteiger partial charge in [-0.15, -0.1) is 0 Å². The third kappa shape index (κ3) is 2.07. The number of benzene rings is 1. The van der Waals surface area contributed by atoms with Gasteiger partial charge in [0.05, 0.1) is 10.6 Å². The molecule has 18 heavy (non-hydrogen) atoms. The Labute approximate surface area is 112 Å². The van der Waals surface area contributed by atoms with E-state index in [1.54, 1.807) is 0 Å². The maximum atomic E-state index is 8.89. The number of hydrogen-bond donors (Lipinski definition) is 1. The van der Waals surface area contributed by atoms with Gasteiger partial charge in [-0.3, -0.25) is 0 Å². The summed E-state index contributed by atoms with van der Waals surface area (Å²) in [5.74, 6) is 0.758. The number of hydrogen-bond acceptors (Lipinski definition) is 3. The average Bonchev–Trinajstić information content (AvgIpc) is 2.82. The number of anilines is 1. The lowest BCUT2D eigenvalue weighted by Crippen LogP contribution is -2.40. The standard InChI is InChI=1S/C14H16ClN3/c15-13-6-12(4-3-10(13)7-16)18-8-11-2-1-5-17-14(11)9-18/h3-4,6,11,14,17H,1-2,5,8-9H2. The fraction of sp³-hybridized carbons (Fsp3) is 0.500. The number of piperidine rings is 1. The number of rotatable bonds is 1. The molecule has 3 nitrogen and oxygen atoms in total. The predicted molar refractivity (Wildman–Crippen MR) is 72.9 cm³/mol. The van der Waals surface area contributed by atoms with Gasteiger partial charge in [-0.05, 0) is 43.5 Å². The monoisotopic (exact) mass is 261 g/mol. The average molecular weight is 262 g/mol. The van der Waals surface area contributed by atoms with Crippen molar-refractivity contribution in [2.24, 2.45) is 5.92 Å². The van der Waals surface area contributed by atoms with E-state index in [1.165, 1.54) is 12.8 Å². The second-order valence-corrected chi connectivity index (χ2v) is 5.55. The molecule has 0 radical (unpaired) electrons. The van der Waals surface area contributed by atoms with Crippen molar-refractivity contribution in [2.75, 3.05) is 24.5 Å². The predicted octanol–water partition coefficient (Wildman–Crippen LogP) is 2.40. The second-order valence-electron chi connectivity index (χ2n) is 5.14. The van der Waals surface area contributed by atoms with Gasteiger partial charge in [-0.2, -0.15) is 5.26 Å². The van der Waals surface area contributed by atoms with Crippen LogP contribution in [0.3, 0.4) is 0 Å². The van der Waals surface area contributed by atoms with Crippen LogP contribution in [0.15, 0.2) is 18.2 Å². The maximum Gasteiger partial charge on any atom is 0.101 e. The quantitative estimate of drug-likeness (QED) is 0.844. The lowest BCUT2D eigenvalue weighted by molar-refractivity contribution is 0.340. The van der Waals surface area contributed by atoms with E-state index in [-0.39, 0.29) is 0 Å². The zero-order valence-electron chi connectivity index (χ0n) is 10.2. The summed E-state index contributed by atoms with van der Waals surface area (Å²) in [7, 11) is 0. The molecule has 4 heteroatoms. The number of nitrogens with one attached hydrogen (secondary N) is 1. The molecule has 2 fully saturated rings. The minimum Gasteiger partial charge on any atom is -0.370 e. The van der Waals surface area contributed by atoms with Crippen molar-refractivity contribution < 1.29 is 0 Å². The Morgan fingerprint density at radius 1 is 1.39 bits per heavy atom. The smallest absolute Gasteiger partial charge is 0.101 e. The zero-order valence-corrected chi connectivity index (χ0v) is 11.0. The topological polar surface area (TPSA) is 39.1 Å². The second kappa shape index (κ2) is 4.79. The molecule has 2 saturated heterocycles. The fourth-order valence-electron chi connectivity index (χ4n) is 3.05. The summed E-state index contributed by atoms with van der Waals surface area (Å²) in [6.07, 6.45) is 2.60. The first-order valence-corrected chi connectivity index (χ1v) is 6.83. The number of fused-ring (bicyclic) bond motifs is 1. The van der Waals surface area contributed by atoms with E-state index in [0.717, 1.165) is 31.2 Å². The first-order valence-electron chi connectivity index (χ1n) is 6.46. The molecule has 2 aliphatic rings. The van der Waals surface area contributed by atoms with Crippen molar-refractivity contribution in [1.82, 2.24) is 5.32 Å². The van der Waals surface area contributed by atoms with E-state index in [2.05, 4.69) is 16.3 Å². The van der Waals surface area contributed by atoms with E-state index in [4.69, 9.17) is 16.9 Å². The first kappa shape index (κ1) is 11.8. The Balaban J connectivity index is 1.80.